The van der Waals surface area contributed by atoms with Crippen molar-refractivity contribution in [2.24, 2.45) is 0 Å². The highest BCUT2D eigenvalue weighted by Crippen LogP contribution is 2.45. The van der Waals surface area contributed by atoms with Gasteiger partial charge in [-0.15, -0.1) is 0 Å². The van der Waals surface area contributed by atoms with Crippen LogP contribution in [0.2, 0.25) is 5.02 Å². The minimum Gasteiger partial charge on any atom is -0.495 e. The average Bonchev–Trinajstić information content (AvgIpc) is 3.40. The van der Waals surface area contributed by atoms with Gasteiger partial charge in [-0.2, -0.15) is 0 Å². The van der Waals surface area contributed by atoms with Crippen LogP contribution in [0.25, 0.3) is 5.69 Å². The van der Waals surface area contributed by atoms with Gasteiger partial charge in [-0.25, -0.2) is 0 Å². The lowest BCUT2D eigenvalue weighted by atomic mass is 9.96. The number of anilines is 2. The quantitative estimate of drug-likeness (QED) is 0.259. The van der Waals surface area contributed by atoms with E-state index in [1.165, 1.54) is 6.92 Å². The second-order valence-electron chi connectivity index (χ2n) is 9.66. The largest absolute Gasteiger partial charge is 0.495 e. The van der Waals surface area contributed by atoms with Gasteiger partial charge >= 0.3 is 0 Å². The molecule has 0 saturated carbocycles. The molecule has 7 nitrogen and oxygen atoms in total. The number of ether oxygens (including phenoxy) is 1. The van der Waals surface area contributed by atoms with Crippen molar-refractivity contribution in [3.63, 3.8) is 0 Å². The molecule has 0 spiro atoms. The Hall–Kier alpha value is -3.88. The molecule has 0 aliphatic carbocycles. The number of halogens is 1. The van der Waals surface area contributed by atoms with Crippen molar-refractivity contribution < 1.29 is 9.53 Å². The van der Waals surface area contributed by atoms with Crippen LogP contribution < -0.4 is 20.3 Å². The van der Waals surface area contributed by atoms with Crippen molar-refractivity contribution in [3.05, 3.63) is 100 Å². The molecule has 2 N–H and O–H groups in total. The first-order valence-electron chi connectivity index (χ1n) is 12.6. The molecular formula is C30H30ClN5O2S. The molecule has 4 aromatic rings. The van der Waals surface area contributed by atoms with Gasteiger partial charge in [0.25, 0.3) is 0 Å². The van der Waals surface area contributed by atoms with E-state index in [0.29, 0.717) is 21.6 Å². The molecule has 2 aromatic heterocycles. The average molecular weight is 560 g/mol. The fourth-order valence-electron chi connectivity index (χ4n) is 5.36. The summed E-state index contributed by atoms with van der Waals surface area (Å²) in [6.07, 6.45) is 1.79. The molecule has 3 heterocycles. The molecule has 39 heavy (non-hydrogen) atoms. The first kappa shape index (κ1) is 26.7. The SMILES string of the molecule is COc1ccc(N2C(=S)N[C@H](c3ccccn3)[C@H]2c2cc(C)n(-c3cc(Cl)ccc3C)c2C)cc1NC(C)=O. The monoisotopic (exact) mass is 559 g/mol. The third-order valence-corrected chi connectivity index (χ3v) is 7.62. The van der Waals surface area contributed by atoms with E-state index >= 15 is 0 Å². The molecule has 0 radical (unpaired) electrons. The molecule has 2 aromatic carbocycles. The number of carbonyl (C=O) groups excluding carboxylic acids is 1. The summed E-state index contributed by atoms with van der Waals surface area (Å²) in [4.78, 5) is 18.7. The molecule has 200 valence electrons. The molecule has 0 bridgehead atoms. The lowest BCUT2D eigenvalue weighted by molar-refractivity contribution is -0.114. The standard InChI is InChI=1S/C30H30ClN5O2S/c1-17-9-10-21(31)15-26(17)35-18(2)14-23(19(35)3)29-28(24-8-6-7-13-32-24)34-30(39)36(29)22-11-12-27(38-5)25(16-22)33-20(4)37/h6-16,28-29H,1-5H3,(H,33,37)(H,34,39)/t28-,29-/m1/s1. The number of methoxy groups -OCH3 is 1. The van der Waals surface area contributed by atoms with Gasteiger partial charge in [0.05, 0.1) is 30.6 Å². The van der Waals surface area contributed by atoms with Gasteiger partial charge in [0.1, 0.15) is 5.75 Å². The summed E-state index contributed by atoms with van der Waals surface area (Å²) in [5.74, 6) is 0.385. The predicted molar refractivity (Wildman–Crippen MR) is 160 cm³/mol. The van der Waals surface area contributed by atoms with Gasteiger partial charge in [-0.05, 0) is 92.6 Å². The summed E-state index contributed by atoms with van der Waals surface area (Å²) in [5.41, 5.74) is 7.71. The molecule has 1 aliphatic heterocycles. The number of rotatable bonds is 6. The lowest BCUT2D eigenvalue weighted by Crippen LogP contribution is -2.29. The number of hydrogen-bond acceptors (Lipinski definition) is 4. The minimum atomic E-state index is -0.217. The minimum absolute atomic E-state index is 0.184. The van der Waals surface area contributed by atoms with E-state index in [-0.39, 0.29) is 18.0 Å². The van der Waals surface area contributed by atoms with Crippen molar-refractivity contribution in [1.82, 2.24) is 14.9 Å². The summed E-state index contributed by atoms with van der Waals surface area (Å²) in [7, 11) is 1.58. The van der Waals surface area contributed by atoms with Crippen LogP contribution in [0, 0.1) is 20.8 Å². The third-order valence-electron chi connectivity index (χ3n) is 7.07. The third kappa shape index (κ3) is 4.97. The summed E-state index contributed by atoms with van der Waals surface area (Å²) >= 11 is 12.3. The van der Waals surface area contributed by atoms with Crippen molar-refractivity contribution in [2.75, 3.05) is 17.3 Å². The molecule has 1 saturated heterocycles. The van der Waals surface area contributed by atoms with Crippen LogP contribution in [-0.2, 0) is 4.79 Å². The van der Waals surface area contributed by atoms with Crippen LogP contribution in [0.15, 0.2) is 66.9 Å². The van der Waals surface area contributed by atoms with Crippen LogP contribution in [0.4, 0.5) is 11.4 Å². The van der Waals surface area contributed by atoms with Gasteiger partial charge in [0, 0.05) is 40.9 Å². The summed E-state index contributed by atoms with van der Waals surface area (Å²) < 4.78 is 7.73. The zero-order valence-electron chi connectivity index (χ0n) is 22.4. The number of amides is 1. The van der Waals surface area contributed by atoms with Crippen LogP contribution in [0.3, 0.4) is 0 Å². The zero-order valence-corrected chi connectivity index (χ0v) is 24.0. The number of aromatic nitrogens is 2. The predicted octanol–water partition coefficient (Wildman–Crippen LogP) is 6.60. The Morgan fingerprint density at radius 3 is 2.59 bits per heavy atom. The van der Waals surface area contributed by atoms with E-state index in [9.17, 15) is 4.79 Å². The zero-order chi connectivity index (χ0) is 27.8. The highest BCUT2D eigenvalue weighted by atomic mass is 35.5. The van der Waals surface area contributed by atoms with Gasteiger partial charge in [-0.3, -0.25) is 9.78 Å². The number of carbonyl (C=O) groups is 1. The van der Waals surface area contributed by atoms with E-state index in [4.69, 9.17) is 28.6 Å². The van der Waals surface area contributed by atoms with Gasteiger partial charge in [0.15, 0.2) is 5.11 Å². The molecule has 1 fully saturated rings. The van der Waals surface area contributed by atoms with E-state index in [0.717, 1.165) is 39.6 Å². The molecule has 9 heteroatoms. The molecule has 1 amide bonds. The van der Waals surface area contributed by atoms with Crippen molar-refractivity contribution >= 4 is 46.2 Å². The van der Waals surface area contributed by atoms with Crippen LogP contribution in [-0.4, -0.2) is 27.7 Å². The van der Waals surface area contributed by atoms with E-state index in [1.807, 2.05) is 54.6 Å². The summed E-state index contributed by atoms with van der Waals surface area (Å²) in [5, 5.41) is 7.65. The maximum absolute atomic E-state index is 11.9. The normalized spacial score (nSPS) is 16.8. The van der Waals surface area contributed by atoms with Crippen LogP contribution >= 0.6 is 23.8 Å². The number of pyridine rings is 1. The molecule has 1 aliphatic rings. The number of aryl methyl sites for hydroxylation is 2. The summed E-state index contributed by atoms with van der Waals surface area (Å²) in [6, 6.07) is 19.3. The maximum atomic E-state index is 11.9. The number of benzene rings is 2. The van der Waals surface area contributed by atoms with Crippen molar-refractivity contribution in [1.29, 1.82) is 0 Å². The Kier molecular flexibility index (Phi) is 7.34. The van der Waals surface area contributed by atoms with Crippen LogP contribution in [0.5, 0.6) is 5.75 Å². The Labute approximate surface area is 238 Å². The Morgan fingerprint density at radius 1 is 1.10 bits per heavy atom. The number of nitrogens with one attached hydrogen (secondary N) is 2. The number of hydrogen-bond donors (Lipinski definition) is 2. The fourth-order valence-corrected chi connectivity index (χ4v) is 5.88. The lowest BCUT2D eigenvalue weighted by Gasteiger charge is -2.29. The topological polar surface area (TPSA) is 71.4 Å². The molecule has 2 atom stereocenters. The maximum Gasteiger partial charge on any atom is 0.221 e. The smallest absolute Gasteiger partial charge is 0.221 e. The van der Waals surface area contributed by atoms with Crippen molar-refractivity contribution in [2.45, 2.75) is 39.8 Å². The molecule has 0 unspecified atom stereocenters. The highest BCUT2D eigenvalue weighted by molar-refractivity contribution is 7.80. The Bertz CT molecular complexity index is 1570. The van der Waals surface area contributed by atoms with E-state index in [2.05, 4.69) is 51.9 Å². The fraction of sp³-hybridized carbons (Fsp3) is 0.233. The second kappa shape index (κ2) is 10.7. The van der Waals surface area contributed by atoms with E-state index in [1.54, 1.807) is 13.3 Å². The van der Waals surface area contributed by atoms with Gasteiger partial charge in [-0.1, -0.05) is 23.7 Å². The van der Waals surface area contributed by atoms with Crippen molar-refractivity contribution in [3.8, 4) is 11.4 Å². The summed E-state index contributed by atoms with van der Waals surface area (Å²) in [6.45, 7) is 7.77. The Morgan fingerprint density at radius 2 is 1.90 bits per heavy atom. The van der Waals surface area contributed by atoms with Crippen LogP contribution in [0.1, 0.15) is 47.2 Å². The Balaban J connectivity index is 1.70. The first-order valence-corrected chi connectivity index (χ1v) is 13.4. The van der Waals surface area contributed by atoms with E-state index < -0.39 is 0 Å². The number of nitrogens with zero attached hydrogens (tertiary/aromatic N) is 3. The van der Waals surface area contributed by atoms with Gasteiger partial charge < -0.3 is 24.8 Å². The highest BCUT2D eigenvalue weighted by Gasteiger charge is 2.42. The number of thiocarbonyl (C=S) groups is 1. The van der Waals surface area contributed by atoms with Gasteiger partial charge in [0.2, 0.25) is 5.91 Å². The molecule has 5 rings (SSSR count). The second-order valence-corrected chi connectivity index (χ2v) is 10.5. The first-order chi connectivity index (χ1) is 18.7. The molecular weight excluding hydrogens is 530 g/mol.